The van der Waals surface area contributed by atoms with Gasteiger partial charge in [0, 0.05) is 25.0 Å². The number of hydrogen-bond acceptors (Lipinski definition) is 3. The van der Waals surface area contributed by atoms with Crippen LogP contribution < -0.4 is 0 Å². The fourth-order valence-electron chi connectivity index (χ4n) is 2.06. The third-order valence-corrected chi connectivity index (χ3v) is 4.01. The van der Waals surface area contributed by atoms with E-state index in [9.17, 15) is 8.42 Å². The molecule has 0 amide bonds. The molecule has 15 heavy (non-hydrogen) atoms. The average Bonchev–Trinajstić information content (AvgIpc) is 2.67. The summed E-state index contributed by atoms with van der Waals surface area (Å²) in [6.07, 6.45) is 6.51. The van der Waals surface area contributed by atoms with Gasteiger partial charge in [-0.15, -0.1) is 0 Å². The van der Waals surface area contributed by atoms with Gasteiger partial charge in [-0.05, 0) is 30.5 Å². The van der Waals surface area contributed by atoms with Crippen molar-refractivity contribution in [1.29, 1.82) is 0 Å². The van der Waals surface area contributed by atoms with Gasteiger partial charge in [-0.3, -0.25) is 4.98 Å². The van der Waals surface area contributed by atoms with Crippen molar-refractivity contribution in [3.8, 4) is 0 Å². The molecule has 2 heterocycles. The molecule has 1 unspecified atom stereocenters. The molecule has 1 fully saturated rings. The monoisotopic (exact) mass is 226 g/mol. The zero-order valence-electron chi connectivity index (χ0n) is 8.63. The summed E-state index contributed by atoms with van der Waals surface area (Å²) in [5, 5.41) is 0. The quantitative estimate of drug-likeness (QED) is 0.760. The van der Waals surface area contributed by atoms with Crippen LogP contribution in [0.4, 0.5) is 0 Å². The molecule has 82 valence electrons. The van der Waals surface area contributed by atoms with E-state index in [1.54, 1.807) is 16.7 Å². The van der Waals surface area contributed by atoms with Gasteiger partial charge in [0.2, 0.25) is 10.0 Å². The van der Waals surface area contributed by atoms with E-state index in [4.69, 9.17) is 0 Å². The summed E-state index contributed by atoms with van der Waals surface area (Å²) < 4.78 is 24.6. The molecular formula is C10H14N2O2S. The van der Waals surface area contributed by atoms with E-state index in [1.165, 1.54) is 6.26 Å². The number of aromatic nitrogens is 1. The standard InChI is InChI=1S/C10H14N2O2S/c1-15(13,14)12-8-2-3-10(12)9-4-6-11-7-5-9/h4-7,10H,2-3,8H2,1H3. The van der Waals surface area contributed by atoms with Gasteiger partial charge in [0.15, 0.2) is 0 Å². The molecule has 0 spiro atoms. The van der Waals surface area contributed by atoms with Crippen molar-refractivity contribution < 1.29 is 8.42 Å². The Balaban J connectivity index is 2.30. The molecular weight excluding hydrogens is 212 g/mol. The van der Waals surface area contributed by atoms with Crippen LogP contribution >= 0.6 is 0 Å². The second-order valence-electron chi connectivity index (χ2n) is 3.81. The highest BCUT2D eigenvalue weighted by molar-refractivity contribution is 7.88. The largest absolute Gasteiger partial charge is 0.265 e. The molecule has 0 bridgehead atoms. The van der Waals surface area contributed by atoms with Gasteiger partial charge in [-0.2, -0.15) is 4.31 Å². The van der Waals surface area contributed by atoms with Gasteiger partial charge in [-0.25, -0.2) is 8.42 Å². The van der Waals surface area contributed by atoms with E-state index in [2.05, 4.69) is 4.98 Å². The van der Waals surface area contributed by atoms with Crippen LogP contribution in [-0.4, -0.2) is 30.5 Å². The summed E-state index contributed by atoms with van der Waals surface area (Å²) >= 11 is 0. The third kappa shape index (κ3) is 2.18. The minimum Gasteiger partial charge on any atom is -0.265 e. The van der Waals surface area contributed by atoms with E-state index in [0.29, 0.717) is 6.54 Å². The van der Waals surface area contributed by atoms with E-state index in [1.807, 2.05) is 12.1 Å². The predicted molar refractivity (Wildman–Crippen MR) is 57.8 cm³/mol. The highest BCUT2D eigenvalue weighted by atomic mass is 32.2. The first kappa shape index (κ1) is 10.6. The van der Waals surface area contributed by atoms with E-state index < -0.39 is 10.0 Å². The molecule has 1 aromatic heterocycles. The maximum absolute atomic E-state index is 11.5. The maximum Gasteiger partial charge on any atom is 0.211 e. The van der Waals surface area contributed by atoms with Crippen LogP contribution in [0.3, 0.4) is 0 Å². The van der Waals surface area contributed by atoms with E-state index in [-0.39, 0.29) is 6.04 Å². The fraction of sp³-hybridized carbons (Fsp3) is 0.500. The highest BCUT2D eigenvalue weighted by Crippen LogP contribution is 2.33. The van der Waals surface area contributed by atoms with Gasteiger partial charge in [0.05, 0.1) is 6.26 Å². The lowest BCUT2D eigenvalue weighted by Crippen LogP contribution is -2.29. The second-order valence-corrected chi connectivity index (χ2v) is 5.75. The van der Waals surface area contributed by atoms with Crippen LogP contribution in [0, 0.1) is 0 Å². The Kier molecular flexibility index (Phi) is 2.75. The Hall–Kier alpha value is -0.940. The molecule has 5 heteroatoms. The molecule has 1 atom stereocenters. The predicted octanol–water partition coefficient (Wildman–Crippen LogP) is 1.18. The van der Waals surface area contributed by atoms with Crippen molar-refractivity contribution >= 4 is 10.0 Å². The normalized spacial score (nSPS) is 23.1. The smallest absolute Gasteiger partial charge is 0.211 e. The fourth-order valence-corrected chi connectivity index (χ4v) is 3.21. The Morgan fingerprint density at radius 3 is 2.67 bits per heavy atom. The summed E-state index contributed by atoms with van der Waals surface area (Å²) in [4.78, 5) is 3.94. The maximum atomic E-state index is 11.5. The zero-order chi connectivity index (χ0) is 10.9. The minimum absolute atomic E-state index is 0.00278. The average molecular weight is 226 g/mol. The lowest BCUT2D eigenvalue weighted by Gasteiger charge is -2.22. The van der Waals surface area contributed by atoms with Gasteiger partial charge in [0.25, 0.3) is 0 Å². The highest BCUT2D eigenvalue weighted by Gasteiger charge is 2.32. The van der Waals surface area contributed by atoms with Gasteiger partial charge < -0.3 is 0 Å². The summed E-state index contributed by atoms with van der Waals surface area (Å²) in [6.45, 7) is 0.631. The summed E-state index contributed by atoms with van der Waals surface area (Å²) in [5.41, 5.74) is 1.04. The first-order valence-corrected chi connectivity index (χ1v) is 6.80. The van der Waals surface area contributed by atoms with Crippen LogP contribution in [0.2, 0.25) is 0 Å². The summed E-state index contributed by atoms with van der Waals surface area (Å²) in [6, 6.07) is 3.77. The van der Waals surface area contributed by atoms with Crippen molar-refractivity contribution in [3.05, 3.63) is 30.1 Å². The number of sulfonamides is 1. The zero-order valence-corrected chi connectivity index (χ0v) is 9.44. The van der Waals surface area contributed by atoms with Crippen molar-refractivity contribution in [2.75, 3.05) is 12.8 Å². The number of rotatable bonds is 2. The molecule has 1 aliphatic rings. The lowest BCUT2D eigenvalue weighted by atomic mass is 10.1. The van der Waals surface area contributed by atoms with Crippen molar-refractivity contribution in [1.82, 2.24) is 9.29 Å². The van der Waals surface area contributed by atoms with Crippen molar-refractivity contribution in [2.24, 2.45) is 0 Å². The number of hydrogen-bond donors (Lipinski definition) is 0. The molecule has 0 radical (unpaired) electrons. The molecule has 0 saturated carbocycles. The number of nitrogens with zero attached hydrogens (tertiary/aromatic N) is 2. The molecule has 0 aliphatic carbocycles. The van der Waals surface area contributed by atoms with Crippen LogP contribution in [0.25, 0.3) is 0 Å². The molecule has 1 aromatic rings. The first-order chi connectivity index (χ1) is 7.09. The third-order valence-electron chi connectivity index (χ3n) is 2.72. The van der Waals surface area contributed by atoms with Crippen LogP contribution in [0.5, 0.6) is 0 Å². The molecule has 1 saturated heterocycles. The summed E-state index contributed by atoms with van der Waals surface area (Å²) in [5.74, 6) is 0. The van der Waals surface area contributed by atoms with Crippen molar-refractivity contribution in [2.45, 2.75) is 18.9 Å². The van der Waals surface area contributed by atoms with Crippen LogP contribution in [-0.2, 0) is 10.0 Å². The second kappa shape index (κ2) is 3.90. The minimum atomic E-state index is -3.09. The molecule has 0 N–H and O–H groups in total. The Labute approximate surface area is 90.0 Å². The van der Waals surface area contributed by atoms with Gasteiger partial charge >= 0.3 is 0 Å². The molecule has 1 aliphatic heterocycles. The molecule has 4 nitrogen and oxygen atoms in total. The topological polar surface area (TPSA) is 50.3 Å². The van der Waals surface area contributed by atoms with E-state index >= 15 is 0 Å². The Morgan fingerprint density at radius 1 is 1.40 bits per heavy atom. The van der Waals surface area contributed by atoms with Gasteiger partial charge in [0.1, 0.15) is 0 Å². The van der Waals surface area contributed by atoms with Gasteiger partial charge in [-0.1, -0.05) is 0 Å². The Morgan fingerprint density at radius 2 is 2.07 bits per heavy atom. The number of pyridine rings is 1. The van der Waals surface area contributed by atoms with E-state index in [0.717, 1.165) is 18.4 Å². The molecule has 0 aromatic carbocycles. The Bertz CT molecular complexity index is 430. The first-order valence-electron chi connectivity index (χ1n) is 4.96. The summed E-state index contributed by atoms with van der Waals surface area (Å²) in [7, 11) is -3.09. The SMILES string of the molecule is CS(=O)(=O)N1CCCC1c1ccncc1. The molecule has 2 rings (SSSR count). The van der Waals surface area contributed by atoms with Crippen molar-refractivity contribution in [3.63, 3.8) is 0 Å². The van der Waals surface area contributed by atoms with Crippen LogP contribution in [0.1, 0.15) is 24.4 Å². The lowest BCUT2D eigenvalue weighted by molar-refractivity contribution is 0.400. The van der Waals surface area contributed by atoms with Crippen LogP contribution in [0.15, 0.2) is 24.5 Å².